The zero-order chi connectivity index (χ0) is 18.3. The molecule has 1 aliphatic carbocycles. The van der Waals surface area contributed by atoms with Gasteiger partial charge in [0.1, 0.15) is 10.7 Å². The van der Waals surface area contributed by atoms with Crippen LogP contribution in [0.4, 0.5) is 14.5 Å². The number of halogens is 4. The molecule has 1 N–H and O–H groups in total. The van der Waals surface area contributed by atoms with Crippen LogP contribution in [-0.2, 0) is 6.54 Å². The fraction of sp³-hybridized carbons (Fsp3) is 0.389. The van der Waals surface area contributed by atoms with Crippen molar-refractivity contribution in [1.82, 2.24) is 4.98 Å². The highest BCUT2D eigenvalue weighted by Crippen LogP contribution is 2.52. The Hall–Kier alpha value is -0.950. The minimum absolute atomic E-state index is 0.0834. The van der Waals surface area contributed by atoms with Gasteiger partial charge in [0.15, 0.2) is 0 Å². The van der Waals surface area contributed by atoms with Crippen LogP contribution >= 0.6 is 45.9 Å². The number of anilines is 1. The zero-order valence-electron chi connectivity index (χ0n) is 13.7. The number of rotatable bonds is 4. The van der Waals surface area contributed by atoms with Crippen molar-refractivity contribution in [2.75, 3.05) is 5.32 Å². The van der Waals surface area contributed by atoms with Gasteiger partial charge < -0.3 is 5.32 Å². The smallest absolute Gasteiger partial charge is 0.255 e. The summed E-state index contributed by atoms with van der Waals surface area (Å²) < 4.78 is 29.7. The molecule has 0 aromatic carbocycles. The number of hydrogen-bond acceptors (Lipinski definition) is 4. The van der Waals surface area contributed by atoms with Gasteiger partial charge in [0.2, 0.25) is 0 Å². The Labute approximate surface area is 168 Å². The summed E-state index contributed by atoms with van der Waals surface area (Å²) in [6, 6.07) is 5.75. The average molecular weight is 433 g/mol. The van der Waals surface area contributed by atoms with Crippen LogP contribution in [0.25, 0.3) is 10.2 Å². The molecule has 1 aliphatic rings. The van der Waals surface area contributed by atoms with Crippen LogP contribution in [-0.4, -0.2) is 10.9 Å². The van der Waals surface area contributed by atoms with Crippen molar-refractivity contribution in [2.24, 2.45) is 0 Å². The summed E-state index contributed by atoms with van der Waals surface area (Å²) in [7, 11) is 0. The summed E-state index contributed by atoms with van der Waals surface area (Å²) >= 11 is 15.6. The molecule has 0 saturated heterocycles. The number of nitrogens with one attached hydrogen (secondary N) is 1. The van der Waals surface area contributed by atoms with Crippen molar-refractivity contribution in [3.63, 3.8) is 0 Å². The van der Waals surface area contributed by atoms with Crippen molar-refractivity contribution in [1.29, 1.82) is 0 Å². The van der Waals surface area contributed by atoms with E-state index in [0.29, 0.717) is 40.0 Å². The van der Waals surface area contributed by atoms with E-state index < -0.39 is 11.8 Å². The second-order valence-electron chi connectivity index (χ2n) is 6.44. The second kappa shape index (κ2) is 7.23. The zero-order valence-corrected chi connectivity index (χ0v) is 16.8. The van der Waals surface area contributed by atoms with Crippen molar-refractivity contribution < 1.29 is 8.78 Å². The number of thiophene rings is 2. The first-order valence-electron chi connectivity index (χ1n) is 8.38. The van der Waals surface area contributed by atoms with E-state index in [4.69, 9.17) is 23.2 Å². The molecule has 3 aromatic rings. The molecule has 0 spiro atoms. The Morgan fingerprint density at radius 2 is 2.15 bits per heavy atom. The molecular weight excluding hydrogens is 417 g/mol. The van der Waals surface area contributed by atoms with E-state index in [1.807, 2.05) is 17.5 Å². The lowest BCUT2D eigenvalue weighted by Gasteiger charge is -2.30. The maximum Gasteiger partial charge on any atom is 0.255 e. The molecule has 1 saturated carbocycles. The third-order valence-electron chi connectivity index (χ3n) is 4.69. The summed E-state index contributed by atoms with van der Waals surface area (Å²) in [5, 5.41) is 5.97. The molecule has 0 amide bonds. The van der Waals surface area contributed by atoms with Gasteiger partial charge in [-0.15, -0.1) is 22.7 Å². The lowest BCUT2D eigenvalue weighted by Crippen LogP contribution is -2.29. The molecule has 8 heteroatoms. The Morgan fingerprint density at radius 3 is 2.88 bits per heavy atom. The van der Waals surface area contributed by atoms with Gasteiger partial charge in [0.25, 0.3) is 5.92 Å². The Morgan fingerprint density at radius 1 is 1.31 bits per heavy atom. The predicted octanol–water partition coefficient (Wildman–Crippen LogP) is 7.57. The third kappa shape index (κ3) is 3.44. The molecular formula is C18H16Cl2F2N2S2. The van der Waals surface area contributed by atoms with Crippen molar-refractivity contribution in [3.8, 4) is 0 Å². The second-order valence-corrected chi connectivity index (χ2v) is 9.29. The summed E-state index contributed by atoms with van der Waals surface area (Å²) in [5.74, 6) is -3.57. The minimum Gasteiger partial charge on any atom is -0.379 e. The molecule has 1 unspecified atom stereocenters. The molecule has 4 rings (SSSR count). The molecule has 0 aliphatic heterocycles. The third-order valence-corrected chi connectivity index (χ3v) is 7.58. The molecule has 3 heterocycles. The van der Waals surface area contributed by atoms with Crippen LogP contribution < -0.4 is 5.32 Å². The van der Waals surface area contributed by atoms with E-state index in [1.165, 1.54) is 16.2 Å². The molecule has 1 atom stereocenters. The molecule has 1 fully saturated rings. The molecule has 0 bridgehead atoms. The van der Waals surface area contributed by atoms with Crippen LogP contribution in [0.15, 0.2) is 23.6 Å². The topological polar surface area (TPSA) is 24.9 Å². The Balaban J connectivity index is 1.74. The monoisotopic (exact) mass is 432 g/mol. The first kappa shape index (κ1) is 18.4. The SMILES string of the molecule is FC1(F)CCCCC1c1sc2c(NCc3cccs3)cc(Cl)nc2c1Cl. The van der Waals surface area contributed by atoms with E-state index in [1.54, 1.807) is 17.4 Å². The van der Waals surface area contributed by atoms with Crippen LogP contribution in [0, 0.1) is 0 Å². The fourth-order valence-corrected chi connectivity index (χ4v) is 6.00. The lowest BCUT2D eigenvalue weighted by molar-refractivity contribution is -0.0536. The van der Waals surface area contributed by atoms with Gasteiger partial charge in [-0.1, -0.05) is 35.7 Å². The van der Waals surface area contributed by atoms with Crippen LogP contribution in [0.3, 0.4) is 0 Å². The van der Waals surface area contributed by atoms with Crippen molar-refractivity contribution in [2.45, 2.75) is 44.1 Å². The lowest BCUT2D eigenvalue weighted by atomic mass is 9.84. The number of fused-ring (bicyclic) bond motifs is 1. The van der Waals surface area contributed by atoms with E-state index in [2.05, 4.69) is 10.3 Å². The highest BCUT2D eigenvalue weighted by atomic mass is 35.5. The fourth-order valence-electron chi connectivity index (χ4n) is 3.39. The highest BCUT2D eigenvalue weighted by molar-refractivity contribution is 7.20. The minimum atomic E-state index is -2.73. The van der Waals surface area contributed by atoms with E-state index >= 15 is 0 Å². The predicted molar refractivity (Wildman–Crippen MR) is 107 cm³/mol. The first-order valence-corrected chi connectivity index (χ1v) is 10.8. The summed E-state index contributed by atoms with van der Waals surface area (Å²) in [6.45, 7) is 0.636. The molecule has 138 valence electrons. The molecule has 3 aromatic heterocycles. The summed E-state index contributed by atoms with van der Waals surface area (Å²) in [5.41, 5.74) is 1.29. The van der Waals surface area contributed by atoms with Gasteiger partial charge in [-0.2, -0.15) is 0 Å². The van der Waals surface area contributed by atoms with E-state index in [-0.39, 0.29) is 6.42 Å². The van der Waals surface area contributed by atoms with Gasteiger partial charge in [-0.25, -0.2) is 13.8 Å². The largest absolute Gasteiger partial charge is 0.379 e. The van der Waals surface area contributed by atoms with Gasteiger partial charge >= 0.3 is 0 Å². The average Bonchev–Trinajstić information content (AvgIpc) is 3.22. The van der Waals surface area contributed by atoms with E-state index in [0.717, 1.165) is 16.8 Å². The standard InChI is InChI=1S/C18H16Cl2F2N2S2/c19-13-8-12(23-9-10-4-3-7-25-10)17-15(24-13)14(20)16(26-17)11-5-1-2-6-18(11,21)22/h3-4,7-8,11H,1-2,5-6,9H2,(H,23,24). The maximum atomic E-state index is 14.5. The van der Waals surface area contributed by atoms with Crippen molar-refractivity contribution >= 4 is 61.8 Å². The molecule has 2 nitrogen and oxygen atoms in total. The normalized spacial score (nSPS) is 19.8. The maximum absolute atomic E-state index is 14.5. The number of aromatic nitrogens is 1. The highest BCUT2D eigenvalue weighted by Gasteiger charge is 2.44. The molecule has 0 radical (unpaired) electrons. The number of pyridine rings is 1. The van der Waals surface area contributed by atoms with Crippen LogP contribution in [0.1, 0.15) is 41.4 Å². The van der Waals surface area contributed by atoms with Crippen LogP contribution in [0.5, 0.6) is 0 Å². The van der Waals surface area contributed by atoms with Gasteiger partial charge in [0.05, 0.1) is 21.3 Å². The summed E-state index contributed by atoms with van der Waals surface area (Å²) in [4.78, 5) is 6.01. The number of nitrogens with zero attached hydrogens (tertiary/aromatic N) is 1. The quantitative estimate of drug-likeness (QED) is 0.429. The summed E-state index contributed by atoms with van der Waals surface area (Å²) in [6.07, 6.45) is 1.72. The van der Waals surface area contributed by atoms with Gasteiger partial charge in [0, 0.05) is 28.8 Å². The first-order chi connectivity index (χ1) is 12.5. The van der Waals surface area contributed by atoms with Crippen LogP contribution in [0.2, 0.25) is 10.2 Å². The number of hydrogen-bond donors (Lipinski definition) is 1. The molecule has 26 heavy (non-hydrogen) atoms. The Bertz CT molecular complexity index is 925. The van der Waals surface area contributed by atoms with Gasteiger partial charge in [-0.05, 0) is 24.3 Å². The Kier molecular flexibility index (Phi) is 5.12. The van der Waals surface area contributed by atoms with E-state index in [9.17, 15) is 8.78 Å². The van der Waals surface area contributed by atoms with Gasteiger partial charge in [-0.3, -0.25) is 0 Å². The number of alkyl halides is 2. The van der Waals surface area contributed by atoms with Crippen molar-refractivity contribution in [3.05, 3.63) is 43.5 Å².